The van der Waals surface area contributed by atoms with Crippen molar-refractivity contribution in [1.29, 1.82) is 0 Å². The molecule has 24 heavy (non-hydrogen) atoms. The monoisotopic (exact) mass is 326 g/mol. The van der Waals surface area contributed by atoms with Crippen LogP contribution in [0.25, 0.3) is 0 Å². The first kappa shape index (κ1) is 15.2. The smallest absolute Gasteiger partial charge is 0.257 e. The van der Waals surface area contributed by atoms with E-state index in [9.17, 15) is 9.59 Å². The van der Waals surface area contributed by atoms with Gasteiger partial charge in [0.1, 0.15) is 0 Å². The van der Waals surface area contributed by atoms with Gasteiger partial charge in [0.15, 0.2) is 0 Å². The Balaban J connectivity index is 1.59. The number of amides is 1. The van der Waals surface area contributed by atoms with Crippen molar-refractivity contribution >= 4 is 5.91 Å². The molecule has 4 heterocycles. The number of likely N-dealkylation sites (tertiary alicyclic amines) is 1. The molecule has 0 spiro atoms. The van der Waals surface area contributed by atoms with Crippen molar-refractivity contribution in [2.75, 3.05) is 13.1 Å². The van der Waals surface area contributed by atoms with Crippen LogP contribution in [-0.2, 0) is 6.54 Å². The lowest BCUT2D eigenvalue weighted by Gasteiger charge is -2.42. The molecule has 6 nitrogen and oxygen atoms in total. The lowest BCUT2D eigenvalue weighted by Crippen LogP contribution is -2.49. The summed E-state index contributed by atoms with van der Waals surface area (Å²) in [5.74, 6) is 0.638. The molecule has 2 atom stereocenters. The number of hydrogen-bond donors (Lipinski definition) is 0. The topological polar surface area (TPSA) is 60.1 Å². The van der Waals surface area contributed by atoms with Crippen molar-refractivity contribution in [3.05, 3.63) is 52.2 Å². The Morgan fingerprint density at radius 1 is 1.25 bits per heavy atom. The van der Waals surface area contributed by atoms with Crippen LogP contribution in [0.5, 0.6) is 0 Å². The molecular weight excluding hydrogens is 304 g/mol. The van der Waals surface area contributed by atoms with Crippen LogP contribution in [-0.4, -0.2) is 38.2 Å². The van der Waals surface area contributed by atoms with Gasteiger partial charge in [0, 0.05) is 49.6 Å². The third kappa shape index (κ3) is 2.46. The van der Waals surface area contributed by atoms with Gasteiger partial charge in [-0.1, -0.05) is 6.07 Å². The fraction of sp³-hybridized carbons (Fsp3) is 0.500. The van der Waals surface area contributed by atoms with Crippen LogP contribution >= 0.6 is 0 Å². The van der Waals surface area contributed by atoms with Gasteiger partial charge in [0.05, 0.1) is 11.8 Å². The number of nitrogens with zero attached hydrogens (tertiary/aromatic N) is 4. The number of piperidine rings is 1. The second-order valence-electron chi connectivity index (χ2n) is 7.21. The predicted octanol–water partition coefficient (Wildman–Crippen LogP) is 1.89. The number of carbonyl (C=O) groups excluding carboxylic acids is 1. The second kappa shape index (κ2) is 5.61. The van der Waals surface area contributed by atoms with Gasteiger partial charge in [-0.2, -0.15) is 5.10 Å². The van der Waals surface area contributed by atoms with Gasteiger partial charge in [0.2, 0.25) is 0 Å². The van der Waals surface area contributed by atoms with E-state index in [0.717, 1.165) is 12.1 Å². The second-order valence-corrected chi connectivity index (χ2v) is 7.21. The molecule has 2 aliphatic heterocycles. The first-order valence-corrected chi connectivity index (χ1v) is 8.56. The van der Waals surface area contributed by atoms with Gasteiger partial charge in [-0.25, -0.2) is 0 Å². The summed E-state index contributed by atoms with van der Waals surface area (Å²) in [4.78, 5) is 26.9. The van der Waals surface area contributed by atoms with Crippen LogP contribution in [0.3, 0.4) is 0 Å². The molecule has 4 rings (SSSR count). The minimum Gasteiger partial charge on any atom is -0.338 e. The van der Waals surface area contributed by atoms with Gasteiger partial charge >= 0.3 is 0 Å². The SMILES string of the molecule is CC(C)n1cc(C(=O)N2CC3CC(C2)c2cccc(=O)n2C3)cn1. The molecule has 2 aromatic rings. The average Bonchev–Trinajstić information content (AvgIpc) is 3.05. The molecule has 126 valence electrons. The van der Waals surface area contributed by atoms with Gasteiger partial charge in [0.25, 0.3) is 11.5 Å². The lowest BCUT2D eigenvalue weighted by atomic mass is 9.83. The first-order chi connectivity index (χ1) is 11.5. The summed E-state index contributed by atoms with van der Waals surface area (Å²) in [6, 6.07) is 5.70. The van der Waals surface area contributed by atoms with Crippen LogP contribution in [0, 0.1) is 5.92 Å². The highest BCUT2D eigenvalue weighted by Gasteiger charge is 2.36. The molecular formula is C18H22N4O2. The van der Waals surface area contributed by atoms with E-state index in [1.165, 1.54) is 0 Å². The van der Waals surface area contributed by atoms with Gasteiger partial charge in [-0.15, -0.1) is 0 Å². The molecule has 2 aliphatic rings. The fourth-order valence-electron chi connectivity index (χ4n) is 3.98. The zero-order valence-corrected chi connectivity index (χ0v) is 14.1. The molecule has 2 unspecified atom stereocenters. The highest BCUT2D eigenvalue weighted by molar-refractivity contribution is 5.93. The molecule has 0 aromatic carbocycles. The number of pyridine rings is 1. The molecule has 0 N–H and O–H groups in total. The van der Waals surface area contributed by atoms with E-state index in [2.05, 4.69) is 5.10 Å². The number of carbonyl (C=O) groups is 1. The predicted molar refractivity (Wildman–Crippen MR) is 90.1 cm³/mol. The third-order valence-corrected chi connectivity index (χ3v) is 5.14. The lowest BCUT2D eigenvalue weighted by molar-refractivity contribution is 0.0594. The minimum atomic E-state index is 0.0447. The van der Waals surface area contributed by atoms with E-state index in [-0.39, 0.29) is 23.4 Å². The molecule has 1 saturated heterocycles. The summed E-state index contributed by atoms with van der Waals surface area (Å²) in [6.45, 7) is 6.18. The summed E-state index contributed by atoms with van der Waals surface area (Å²) in [7, 11) is 0. The molecule has 0 saturated carbocycles. The van der Waals surface area contributed by atoms with Crippen molar-refractivity contribution in [3.8, 4) is 0 Å². The quantitative estimate of drug-likeness (QED) is 0.847. The van der Waals surface area contributed by atoms with Crippen molar-refractivity contribution < 1.29 is 4.79 Å². The molecule has 2 aromatic heterocycles. The Kier molecular flexibility index (Phi) is 3.55. The van der Waals surface area contributed by atoms with Gasteiger partial charge in [-0.05, 0) is 32.3 Å². The van der Waals surface area contributed by atoms with E-state index < -0.39 is 0 Å². The standard InChI is InChI=1S/C18H22N4O2/c1-12(2)22-11-15(7-19-22)18(24)20-8-13-6-14(10-20)16-4-3-5-17(23)21(16)9-13/h3-5,7,11-14H,6,8-10H2,1-2H3. The normalized spacial score (nSPS) is 22.5. The highest BCUT2D eigenvalue weighted by atomic mass is 16.2. The van der Waals surface area contributed by atoms with Crippen molar-refractivity contribution in [2.24, 2.45) is 5.92 Å². The summed E-state index contributed by atoms with van der Waals surface area (Å²) in [5.41, 5.74) is 1.78. The van der Waals surface area contributed by atoms with E-state index >= 15 is 0 Å². The van der Waals surface area contributed by atoms with E-state index in [1.54, 1.807) is 12.3 Å². The van der Waals surface area contributed by atoms with Crippen LogP contribution in [0.15, 0.2) is 35.4 Å². The van der Waals surface area contributed by atoms with Crippen molar-refractivity contribution in [2.45, 2.75) is 38.8 Å². The number of rotatable bonds is 2. The Morgan fingerprint density at radius 2 is 2.08 bits per heavy atom. The summed E-state index contributed by atoms with van der Waals surface area (Å²) >= 11 is 0. The Bertz CT molecular complexity index is 836. The van der Waals surface area contributed by atoms with Crippen LogP contribution in [0.2, 0.25) is 0 Å². The number of hydrogen-bond acceptors (Lipinski definition) is 3. The molecule has 0 radical (unpaired) electrons. The zero-order valence-electron chi connectivity index (χ0n) is 14.1. The maximum atomic E-state index is 12.8. The van der Waals surface area contributed by atoms with Crippen LogP contribution in [0.1, 0.15) is 48.3 Å². The van der Waals surface area contributed by atoms with Gasteiger partial charge < -0.3 is 9.47 Å². The Labute approximate surface area is 140 Å². The van der Waals surface area contributed by atoms with E-state index in [0.29, 0.717) is 31.1 Å². The van der Waals surface area contributed by atoms with Crippen molar-refractivity contribution in [1.82, 2.24) is 19.2 Å². The zero-order chi connectivity index (χ0) is 16.8. The minimum absolute atomic E-state index is 0.0447. The molecule has 0 aliphatic carbocycles. The van der Waals surface area contributed by atoms with E-state index in [1.807, 2.05) is 46.3 Å². The van der Waals surface area contributed by atoms with Crippen molar-refractivity contribution in [3.63, 3.8) is 0 Å². The molecule has 1 amide bonds. The summed E-state index contributed by atoms with van der Waals surface area (Å²) in [5, 5.41) is 4.28. The maximum Gasteiger partial charge on any atom is 0.257 e. The van der Waals surface area contributed by atoms with E-state index in [4.69, 9.17) is 0 Å². The fourth-order valence-corrected chi connectivity index (χ4v) is 3.98. The average molecular weight is 326 g/mol. The molecule has 2 bridgehead atoms. The maximum absolute atomic E-state index is 12.8. The first-order valence-electron chi connectivity index (χ1n) is 8.56. The van der Waals surface area contributed by atoms with Crippen LogP contribution in [0.4, 0.5) is 0 Å². The Morgan fingerprint density at radius 3 is 2.83 bits per heavy atom. The third-order valence-electron chi connectivity index (χ3n) is 5.14. The summed E-state index contributed by atoms with van der Waals surface area (Å²) in [6.07, 6.45) is 4.54. The largest absolute Gasteiger partial charge is 0.338 e. The molecule has 1 fully saturated rings. The van der Waals surface area contributed by atoms with Crippen LogP contribution < -0.4 is 5.56 Å². The van der Waals surface area contributed by atoms with Gasteiger partial charge in [-0.3, -0.25) is 14.3 Å². The summed E-state index contributed by atoms with van der Waals surface area (Å²) < 4.78 is 3.70. The highest BCUT2D eigenvalue weighted by Crippen LogP contribution is 2.35. The molecule has 6 heteroatoms. The number of aromatic nitrogens is 3. The Hall–Kier alpha value is -2.37. The number of fused-ring (bicyclic) bond motifs is 4.